The molecule has 0 aliphatic rings. The molecule has 4 heteroatoms. The van der Waals surface area contributed by atoms with Crippen LogP contribution in [0.4, 0.5) is 0 Å². The Morgan fingerprint density at radius 1 is 1.05 bits per heavy atom. The molecule has 1 heterocycles. The number of benzene rings is 2. The number of aromatic nitrogens is 3. The van der Waals surface area contributed by atoms with E-state index >= 15 is 0 Å². The molecule has 0 saturated heterocycles. The van der Waals surface area contributed by atoms with Crippen LogP contribution in [0.15, 0.2) is 60.8 Å². The first-order chi connectivity index (χ1) is 9.79. The summed E-state index contributed by atoms with van der Waals surface area (Å²) in [5.74, 6) is 0.767. The van der Waals surface area contributed by atoms with E-state index in [-0.39, 0.29) is 6.17 Å². The number of hydrogen-bond donors (Lipinski definition) is 0. The van der Waals surface area contributed by atoms with Crippen LogP contribution in [0.3, 0.4) is 0 Å². The molecule has 3 rings (SSSR count). The van der Waals surface area contributed by atoms with Crippen molar-refractivity contribution in [3.05, 3.63) is 60.8 Å². The number of rotatable bonds is 3. The van der Waals surface area contributed by atoms with Gasteiger partial charge in [0, 0.05) is 5.56 Å². The van der Waals surface area contributed by atoms with Crippen molar-refractivity contribution in [1.29, 1.82) is 0 Å². The lowest BCUT2D eigenvalue weighted by Gasteiger charge is -2.02. The maximum atomic E-state index is 8.21. The molecule has 2 aromatic carbocycles. The van der Waals surface area contributed by atoms with Crippen molar-refractivity contribution < 1.29 is 6.11 Å². The lowest BCUT2D eigenvalue weighted by atomic mass is 10.2. The highest BCUT2D eigenvalue weighted by atomic mass is 16.5. The van der Waals surface area contributed by atoms with Crippen LogP contribution in [0.5, 0.6) is 5.75 Å². The molecule has 0 unspecified atom stereocenters. The molecule has 0 saturated carbocycles. The monoisotopic (exact) mass is 252 g/mol. The van der Waals surface area contributed by atoms with Crippen molar-refractivity contribution in [1.82, 2.24) is 15.0 Å². The molecule has 3 aromatic rings. The topological polar surface area (TPSA) is 39.9 Å². The fourth-order valence-electron chi connectivity index (χ4n) is 1.79. The first kappa shape index (κ1) is 10.3. The first-order valence-corrected chi connectivity index (χ1v) is 5.92. The van der Waals surface area contributed by atoms with E-state index in [1.165, 1.54) is 4.68 Å². The summed E-state index contributed by atoms with van der Waals surface area (Å²) in [5, 5.41) is 8.16. The Labute approximate surface area is 112 Å². The zero-order valence-corrected chi connectivity index (χ0v) is 10.4. The highest BCUT2D eigenvalue weighted by Gasteiger charge is 2.04. The summed E-state index contributed by atoms with van der Waals surface area (Å²) < 4.78 is 14.8. The third-order valence-electron chi connectivity index (χ3n) is 2.81. The molecule has 0 spiro atoms. The second kappa shape index (κ2) is 4.94. The van der Waals surface area contributed by atoms with Gasteiger partial charge in [0.1, 0.15) is 11.4 Å². The molecule has 4 nitrogen and oxygen atoms in total. The predicted molar refractivity (Wildman–Crippen MR) is 73.3 cm³/mol. The Hall–Kier alpha value is -2.62. The van der Waals surface area contributed by atoms with Crippen LogP contribution >= 0.6 is 0 Å². The van der Waals surface area contributed by atoms with E-state index in [0.29, 0.717) is 5.69 Å². The van der Waals surface area contributed by atoms with Crippen LogP contribution in [0.2, 0.25) is 0 Å². The van der Waals surface area contributed by atoms with Crippen LogP contribution in [-0.4, -0.2) is 22.1 Å². The van der Waals surface area contributed by atoms with Gasteiger partial charge >= 0.3 is 0 Å². The van der Waals surface area contributed by atoms with Crippen molar-refractivity contribution in [3.63, 3.8) is 0 Å². The molecule has 94 valence electrons. The standard InChI is InChI=1S/C15H13N3O/c1-19-14-9-7-13(8-10-14)18-11-15(16-17-18)12-5-3-2-4-6-12/h2-11H,1H3/i11D. The third-order valence-corrected chi connectivity index (χ3v) is 2.81. The minimum atomic E-state index is 0.265. The largest absolute Gasteiger partial charge is 0.497 e. The lowest BCUT2D eigenvalue weighted by Crippen LogP contribution is -1.94. The van der Waals surface area contributed by atoms with Crippen molar-refractivity contribution in [2.45, 2.75) is 0 Å². The molecule has 1 aromatic heterocycles. The van der Waals surface area contributed by atoms with Gasteiger partial charge in [0.05, 0.1) is 20.3 Å². The first-order valence-electron chi connectivity index (χ1n) is 6.42. The van der Waals surface area contributed by atoms with Gasteiger partial charge in [-0.3, -0.25) is 0 Å². The van der Waals surface area contributed by atoms with Crippen LogP contribution in [0.1, 0.15) is 1.37 Å². The SMILES string of the molecule is [2H]c1c(-c2ccccc2)nnn1-c1ccc(OC)cc1. The highest BCUT2D eigenvalue weighted by Crippen LogP contribution is 2.18. The molecule has 0 atom stereocenters. The maximum absolute atomic E-state index is 8.21. The minimum Gasteiger partial charge on any atom is -0.497 e. The lowest BCUT2D eigenvalue weighted by molar-refractivity contribution is 0.414. The highest BCUT2D eigenvalue weighted by molar-refractivity contribution is 5.57. The van der Waals surface area contributed by atoms with Crippen molar-refractivity contribution in [2.24, 2.45) is 0 Å². The molecule has 0 aliphatic carbocycles. The smallest absolute Gasteiger partial charge is 0.119 e. The molecule has 0 aliphatic heterocycles. The summed E-state index contributed by atoms with van der Waals surface area (Å²) in [6.07, 6.45) is 0.265. The van der Waals surface area contributed by atoms with Gasteiger partial charge in [-0.15, -0.1) is 5.10 Å². The predicted octanol–water partition coefficient (Wildman–Crippen LogP) is 2.94. The average Bonchev–Trinajstić information content (AvgIpc) is 2.90. The molecule has 0 N–H and O–H groups in total. The van der Waals surface area contributed by atoms with E-state index in [1.54, 1.807) is 7.11 Å². The Bertz CT molecular complexity index is 708. The number of nitrogens with zero attached hydrogens (tertiary/aromatic N) is 3. The Kier molecular flexibility index (Phi) is 2.68. The molecule has 0 fully saturated rings. The third kappa shape index (κ3) is 2.33. The van der Waals surface area contributed by atoms with Crippen molar-refractivity contribution >= 4 is 0 Å². The van der Waals surface area contributed by atoms with Crippen LogP contribution in [-0.2, 0) is 0 Å². The second-order valence-corrected chi connectivity index (χ2v) is 4.03. The second-order valence-electron chi connectivity index (χ2n) is 4.03. The molecular weight excluding hydrogens is 238 g/mol. The Balaban J connectivity index is 2.01. The molecule has 0 radical (unpaired) electrons. The van der Waals surface area contributed by atoms with Crippen molar-refractivity contribution in [3.8, 4) is 22.7 Å². The van der Waals surface area contributed by atoms with Crippen LogP contribution in [0.25, 0.3) is 16.9 Å². The number of methoxy groups -OCH3 is 1. The van der Waals surface area contributed by atoms with Gasteiger partial charge in [-0.2, -0.15) is 0 Å². The summed E-state index contributed by atoms with van der Waals surface area (Å²) in [7, 11) is 1.62. The van der Waals surface area contributed by atoms with Gasteiger partial charge in [-0.1, -0.05) is 35.5 Å². The van der Waals surface area contributed by atoms with Crippen molar-refractivity contribution in [2.75, 3.05) is 7.11 Å². The van der Waals surface area contributed by atoms with Gasteiger partial charge in [-0.25, -0.2) is 4.68 Å². The summed E-state index contributed by atoms with van der Waals surface area (Å²) in [4.78, 5) is 0. The zero-order chi connectivity index (χ0) is 13.9. The maximum Gasteiger partial charge on any atom is 0.119 e. The zero-order valence-electron chi connectivity index (χ0n) is 11.4. The molecular formula is C15H13N3O. The van der Waals surface area contributed by atoms with E-state index < -0.39 is 0 Å². The normalized spacial score (nSPS) is 11.1. The van der Waals surface area contributed by atoms with Gasteiger partial charge in [0.15, 0.2) is 0 Å². The minimum absolute atomic E-state index is 0.265. The Morgan fingerprint density at radius 3 is 2.47 bits per heavy atom. The average molecular weight is 252 g/mol. The number of hydrogen-bond acceptors (Lipinski definition) is 3. The van der Waals surface area contributed by atoms with Crippen LogP contribution < -0.4 is 4.74 Å². The van der Waals surface area contributed by atoms with Gasteiger partial charge < -0.3 is 4.74 Å². The fraction of sp³-hybridized carbons (Fsp3) is 0.0667. The summed E-state index contributed by atoms with van der Waals surface area (Å²) >= 11 is 0. The quantitative estimate of drug-likeness (QED) is 0.719. The Morgan fingerprint density at radius 2 is 1.79 bits per heavy atom. The number of ether oxygens (including phenoxy) is 1. The molecule has 19 heavy (non-hydrogen) atoms. The van der Waals surface area contributed by atoms with E-state index in [1.807, 2.05) is 54.6 Å². The van der Waals surface area contributed by atoms with E-state index in [9.17, 15) is 0 Å². The molecule has 0 amide bonds. The van der Waals surface area contributed by atoms with E-state index in [4.69, 9.17) is 6.11 Å². The van der Waals surface area contributed by atoms with Gasteiger partial charge in [0.2, 0.25) is 0 Å². The van der Waals surface area contributed by atoms with Gasteiger partial charge in [0.25, 0.3) is 0 Å². The summed E-state index contributed by atoms with van der Waals surface area (Å²) in [5.41, 5.74) is 2.24. The summed E-state index contributed by atoms with van der Waals surface area (Å²) in [6.45, 7) is 0. The summed E-state index contributed by atoms with van der Waals surface area (Å²) in [6, 6.07) is 17.0. The van der Waals surface area contributed by atoms with E-state index in [0.717, 1.165) is 17.0 Å². The fourth-order valence-corrected chi connectivity index (χ4v) is 1.79. The molecule has 0 bridgehead atoms. The van der Waals surface area contributed by atoms with E-state index in [2.05, 4.69) is 10.3 Å². The van der Waals surface area contributed by atoms with Crippen LogP contribution in [0, 0.1) is 0 Å². The van der Waals surface area contributed by atoms with Gasteiger partial charge in [-0.05, 0) is 24.3 Å².